The van der Waals surface area contributed by atoms with E-state index in [9.17, 15) is 18.5 Å². The second-order valence-corrected chi connectivity index (χ2v) is 9.31. The Hall–Kier alpha value is -2.98. The van der Waals surface area contributed by atoms with Crippen molar-refractivity contribution in [3.8, 4) is 5.75 Å². The first-order chi connectivity index (χ1) is 15.8. The average Bonchev–Trinajstić information content (AvgIpc) is 2.80. The molecule has 33 heavy (non-hydrogen) atoms. The molecule has 0 spiro atoms. The first-order valence-electron chi connectivity index (χ1n) is 11.1. The molecule has 0 bridgehead atoms. The van der Waals surface area contributed by atoms with Crippen LogP contribution in [-0.2, 0) is 10.0 Å². The highest BCUT2D eigenvalue weighted by molar-refractivity contribution is 7.89. The molecule has 0 fully saturated rings. The number of benzene rings is 2. The number of rotatable bonds is 14. The van der Waals surface area contributed by atoms with Crippen molar-refractivity contribution >= 4 is 27.6 Å². The van der Waals surface area contributed by atoms with Crippen LogP contribution in [0.2, 0.25) is 0 Å². The molecule has 0 aliphatic rings. The van der Waals surface area contributed by atoms with Crippen molar-refractivity contribution in [2.24, 2.45) is 5.10 Å². The Kier molecular flexibility index (Phi) is 10.3. The minimum atomic E-state index is -3.80. The van der Waals surface area contributed by atoms with Crippen molar-refractivity contribution in [2.45, 2.75) is 51.3 Å². The van der Waals surface area contributed by atoms with Gasteiger partial charge in [-0.15, -0.1) is 0 Å². The summed E-state index contributed by atoms with van der Waals surface area (Å²) in [5.41, 5.74) is 3.15. The van der Waals surface area contributed by atoms with Crippen molar-refractivity contribution in [3.05, 3.63) is 58.1 Å². The van der Waals surface area contributed by atoms with Crippen molar-refractivity contribution in [3.63, 3.8) is 0 Å². The van der Waals surface area contributed by atoms with Crippen LogP contribution in [0.3, 0.4) is 0 Å². The van der Waals surface area contributed by atoms with Crippen molar-refractivity contribution in [1.29, 1.82) is 0 Å². The number of nitrogens with one attached hydrogen (secondary N) is 1. The van der Waals surface area contributed by atoms with E-state index in [0.717, 1.165) is 30.2 Å². The molecule has 0 radical (unpaired) electrons. The standard InChI is InChI=1S/C23H32N4O5S/c1-4-7-8-9-16-32-20-12-10-19(11-13-20)18-24-25-22-15-14-21(17-23(22)27(28)29)33(30,31)26(5-2)6-3/h10-15,17-18,25H,4-9,16H2,1-3H3. The number of hydrogen-bond donors (Lipinski definition) is 1. The van der Waals surface area contributed by atoms with Crippen LogP contribution in [0.5, 0.6) is 5.75 Å². The Labute approximate surface area is 195 Å². The second-order valence-electron chi connectivity index (χ2n) is 7.37. The van der Waals surface area contributed by atoms with Crippen LogP contribution in [0.4, 0.5) is 11.4 Å². The van der Waals surface area contributed by atoms with Crippen LogP contribution in [0.15, 0.2) is 52.5 Å². The molecule has 0 aromatic heterocycles. The smallest absolute Gasteiger partial charge is 0.295 e. The van der Waals surface area contributed by atoms with Gasteiger partial charge in [-0.05, 0) is 48.4 Å². The van der Waals surface area contributed by atoms with Crippen LogP contribution < -0.4 is 10.2 Å². The fraction of sp³-hybridized carbons (Fsp3) is 0.435. The van der Waals surface area contributed by atoms with Gasteiger partial charge in [-0.1, -0.05) is 40.0 Å². The lowest BCUT2D eigenvalue weighted by molar-refractivity contribution is -0.384. The van der Waals surface area contributed by atoms with Crippen LogP contribution in [0.1, 0.15) is 52.0 Å². The van der Waals surface area contributed by atoms with Crippen molar-refractivity contribution < 1.29 is 18.1 Å². The van der Waals surface area contributed by atoms with E-state index in [2.05, 4.69) is 17.5 Å². The molecule has 0 heterocycles. The molecular weight excluding hydrogens is 444 g/mol. The van der Waals surface area contributed by atoms with Crippen LogP contribution in [-0.4, -0.2) is 43.6 Å². The van der Waals surface area contributed by atoms with Crippen molar-refractivity contribution in [2.75, 3.05) is 25.1 Å². The van der Waals surface area contributed by atoms with Gasteiger partial charge in [-0.25, -0.2) is 8.42 Å². The molecule has 0 unspecified atom stereocenters. The zero-order chi connectivity index (χ0) is 24.3. The number of ether oxygens (including phenoxy) is 1. The Balaban J connectivity index is 2.06. The minimum absolute atomic E-state index is 0.0989. The number of nitrogens with zero attached hydrogens (tertiary/aromatic N) is 3. The van der Waals surface area contributed by atoms with Gasteiger partial charge in [0.1, 0.15) is 11.4 Å². The molecule has 0 saturated carbocycles. The van der Waals surface area contributed by atoms with E-state index in [-0.39, 0.29) is 29.4 Å². The first kappa shape index (κ1) is 26.3. The highest BCUT2D eigenvalue weighted by Gasteiger charge is 2.25. The molecule has 2 aromatic rings. The van der Waals surface area contributed by atoms with Gasteiger partial charge in [0, 0.05) is 19.2 Å². The molecule has 0 saturated heterocycles. The molecule has 0 atom stereocenters. The maximum Gasteiger partial charge on any atom is 0.295 e. The van der Waals surface area contributed by atoms with Gasteiger partial charge in [0.05, 0.1) is 22.6 Å². The van der Waals surface area contributed by atoms with E-state index < -0.39 is 14.9 Å². The van der Waals surface area contributed by atoms with E-state index in [1.165, 1.54) is 35.5 Å². The third kappa shape index (κ3) is 7.54. The number of anilines is 1. The number of unbranched alkanes of at least 4 members (excludes halogenated alkanes) is 3. The maximum absolute atomic E-state index is 12.7. The number of hydrazone groups is 1. The molecule has 180 valence electrons. The Morgan fingerprint density at radius 2 is 1.76 bits per heavy atom. The quantitative estimate of drug-likeness (QED) is 0.177. The van der Waals surface area contributed by atoms with Crippen LogP contribution in [0, 0.1) is 10.1 Å². The van der Waals surface area contributed by atoms with E-state index in [0.29, 0.717) is 6.61 Å². The lowest BCUT2D eigenvalue weighted by Gasteiger charge is -2.18. The summed E-state index contributed by atoms with van der Waals surface area (Å²) >= 11 is 0. The van der Waals surface area contributed by atoms with E-state index in [4.69, 9.17) is 4.74 Å². The topological polar surface area (TPSA) is 114 Å². The Morgan fingerprint density at radius 3 is 2.36 bits per heavy atom. The summed E-state index contributed by atoms with van der Waals surface area (Å²) < 4.78 is 32.3. The summed E-state index contributed by atoms with van der Waals surface area (Å²) in [5.74, 6) is 0.775. The monoisotopic (exact) mass is 476 g/mol. The second kappa shape index (κ2) is 12.9. The summed E-state index contributed by atoms with van der Waals surface area (Å²) in [6, 6.07) is 11.1. The third-order valence-electron chi connectivity index (χ3n) is 5.05. The molecule has 2 aromatic carbocycles. The molecule has 2 rings (SSSR count). The fourth-order valence-corrected chi connectivity index (χ4v) is 4.65. The van der Waals surface area contributed by atoms with Gasteiger partial charge in [0.25, 0.3) is 5.69 Å². The molecule has 1 N–H and O–H groups in total. The zero-order valence-electron chi connectivity index (χ0n) is 19.4. The SMILES string of the molecule is CCCCCCOc1ccc(C=NNc2ccc(S(=O)(=O)N(CC)CC)cc2[N+](=O)[O-])cc1. The predicted octanol–water partition coefficient (Wildman–Crippen LogP) is 5.03. The molecule has 0 aliphatic carbocycles. The molecule has 10 heteroatoms. The zero-order valence-corrected chi connectivity index (χ0v) is 20.2. The largest absolute Gasteiger partial charge is 0.494 e. The summed E-state index contributed by atoms with van der Waals surface area (Å²) in [6.45, 7) is 6.83. The number of hydrogen-bond acceptors (Lipinski definition) is 7. The van der Waals surface area contributed by atoms with Gasteiger partial charge in [0.2, 0.25) is 10.0 Å². The van der Waals surface area contributed by atoms with E-state index in [1.54, 1.807) is 13.8 Å². The highest BCUT2D eigenvalue weighted by atomic mass is 32.2. The summed E-state index contributed by atoms with van der Waals surface area (Å²) in [7, 11) is -3.80. The van der Waals surface area contributed by atoms with Gasteiger partial charge in [-0.2, -0.15) is 9.41 Å². The summed E-state index contributed by atoms with van der Waals surface area (Å²) in [6.07, 6.45) is 6.09. The molecular formula is C23H32N4O5S. The van der Waals surface area contributed by atoms with Gasteiger partial charge >= 0.3 is 0 Å². The fourth-order valence-electron chi connectivity index (χ4n) is 3.18. The summed E-state index contributed by atoms with van der Waals surface area (Å²) in [4.78, 5) is 10.8. The van der Waals surface area contributed by atoms with Crippen LogP contribution >= 0.6 is 0 Å². The summed E-state index contributed by atoms with van der Waals surface area (Å²) in [5, 5.41) is 15.6. The number of sulfonamides is 1. The van der Waals surface area contributed by atoms with Gasteiger partial charge in [-0.3, -0.25) is 15.5 Å². The van der Waals surface area contributed by atoms with Crippen LogP contribution in [0.25, 0.3) is 0 Å². The highest BCUT2D eigenvalue weighted by Crippen LogP contribution is 2.29. The normalized spacial score (nSPS) is 11.8. The van der Waals surface area contributed by atoms with Gasteiger partial charge in [0.15, 0.2) is 0 Å². The first-order valence-corrected chi connectivity index (χ1v) is 12.6. The maximum atomic E-state index is 12.7. The molecule has 0 amide bonds. The average molecular weight is 477 g/mol. The number of nitro groups is 1. The predicted molar refractivity (Wildman–Crippen MR) is 130 cm³/mol. The van der Waals surface area contributed by atoms with E-state index in [1.807, 2.05) is 24.3 Å². The Bertz CT molecular complexity index is 1040. The van der Waals surface area contributed by atoms with E-state index >= 15 is 0 Å². The minimum Gasteiger partial charge on any atom is -0.494 e. The third-order valence-corrected chi connectivity index (χ3v) is 7.10. The molecule has 9 nitrogen and oxygen atoms in total. The lowest BCUT2D eigenvalue weighted by Crippen LogP contribution is -2.30. The van der Waals surface area contributed by atoms with Crippen molar-refractivity contribution in [1.82, 2.24) is 4.31 Å². The van der Waals surface area contributed by atoms with Gasteiger partial charge < -0.3 is 4.74 Å². The Morgan fingerprint density at radius 1 is 1.06 bits per heavy atom. The molecule has 0 aliphatic heterocycles. The number of nitro benzene ring substituents is 1. The lowest BCUT2D eigenvalue weighted by atomic mass is 10.2.